The van der Waals surface area contributed by atoms with Gasteiger partial charge in [0.1, 0.15) is 18.8 Å². The molecule has 7 nitrogen and oxygen atoms in total. The molecule has 0 heterocycles. The molecular weight excluding hydrogens is 286 g/mol. The van der Waals surface area contributed by atoms with Crippen LogP contribution in [0.1, 0.15) is 19.3 Å². The van der Waals surface area contributed by atoms with Crippen LogP contribution in [0.5, 0.6) is 0 Å². The van der Waals surface area contributed by atoms with Crippen molar-refractivity contribution in [1.82, 2.24) is 5.32 Å². The SMILES string of the molecule is C=CC(=O)NCC(=O)OC1C2CCC(C2)C1OS(=O)[O-]. The van der Waals surface area contributed by atoms with Crippen molar-refractivity contribution < 1.29 is 27.3 Å². The van der Waals surface area contributed by atoms with Crippen molar-refractivity contribution in [3.8, 4) is 0 Å². The third-order valence-corrected chi connectivity index (χ3v) is 4.20. The predicted octanol–water partition coefficient (Wildman–Crippen LogP) is -0.190. The number of amides is 1. The Balaban J connectivity index is 1.89. The predicted molar refractivity (Wildman–Crippen MR) is 67.7 cm³/mol. The summed E-state index contributed by atoms with van der Waals surface area (Å²) < 4.78 is 31.5. The zero-order chi connectivity index (χ0) is 14.7. The molecule has 0 aromatic rings. The fourth-order valence-corrected chi connectivity index (χ4v) is 3.45. The van der Waals surface area contributed by atoms with Crippen LogP contribution in [0.15, 0.2) is 12.7 Å². The lowest BCUT2D eigenvalue weighted by Gasteiger charge is -2.30. The van der Waals surface area contributed by atoms with E-state index in [1.165, 1.54) is 0 Å². The lowest BCUT2D eigenvalue weighted by atomic mass is 9.95. The average Bonchev–Trinajstić information content (AvgIpc) is 2.98. The molecule has 0 saturated heterocycles. The number of carbonyl (C=O) groups excluding carboxylic acids is 2. The van der Waals surface area contributed by atoms with E-state index in [1.807, 2.05) is 0 Å². The van der Waals surface area contributed by atoms with Crippen molar-refractivity contribution in [3.05, 3.63) is 12.7 Å². The Morgan fingerprint density at radius 3 is 2.60 bits per heavy atom. The van der Waals surface area contributed by atoms with E-state index < -0.39 is 35.4 Å². The van der Waals surface area contributed by atoms with Gasteiger partial charge in [0.15, 0.2) is 0 Å². The van der Waals surface area contributed by atoms with Gasteiger partial charge in [0.05, 0.1) is 11.4 Å². The zero-order valence-electron chi connectivity index (χ0n) is 10.8. The van der Waals surface area contributed by atoms with E-state index in [4.69, 9.17) is 8.92 Å². The van der Waals surface area contributed by atoms with Crippen LogP contribution >= 0.6 is 0 Å². The van der Waals surface area contributed by atoms with E-state index in [-0.39, 0.29) is 18.4 Å². The van der Waals surface area contributed by atoms with Gasteiger partial charge in [-0.1, -0.05) is 6.58 Å². The Labute approximate surface area is 119 Å². The van der Waals surface area contributed by atoms with E-state index in [2.05, 4.69) is 11.9 Å². The average molecular weight is 302 g/mol. The normalized spacial score (nSPS) is 32.6. The van der Waals surface area contributed by atoms with Gasteiger partial charge >= 0.3 is 5.97 Å². The smallest absolute Gasteiger partial charge is 0.325 e. The number of hydrogen-bond acceptors (Lipinski definition) is 6. The first-order valence-electron chi connectivity index (χ1n) is 6.37. The Hall–Kier alpha value is -1.25. The molecule has 2 rings (SSSR count). The van der Waals surface area contributed by atoms with E-state index in [0.29, 0.717) is 0 Å². The summed E-state index contributed by atoms with van der Waals surface area (Å²) in [5.41, 5.74) is 0. The standard InChI is InChI=1S/C12H17NO6S/c1-2-9(14)13-6-10(15)18-11-7-3-4-8(5-7)12(11)19-20(16)17/h2,7-8,11-12H,1,3-6H2,(H,13,14)(H,16,17)/p-1. The summed E-state index contributed by atoms with van der Waals surface area (Å²) in [4.78, 5) is 22.6. The summed E-state index contributed by atoms with van der Waals surface area (Å²) in [5.74, 6) is -0.836. The number of hydrogen-bond donors (Lipinski definition) is 1. The molecule has 2 aliphatic rings. The Kier molecular flexibility index (Phi) is 4.90. The molecule has 20 heavy (non-hydrogen) atoms. The van der Waals surface area contributed by atoms with Gasteiger partial charge in [-0.3, -0.25) is 13.8 Å². The molecule has 8 heteroatoms. The first kappa shape index (κ1) is 15.1. The highest BCUT2D eigenvalue weighted by Gasteiger charge is 2.51. The first-order valence-corrected chi connectivity index (χ1v) is 7.37. The first-order chi connectivity index (χ1) is 9.51. The number of ether oxygens (including phenoxy) is 1. The monoisotopic (exact) mass is 302 g/mol. The van der Waals surface area contributed by atoms with Gasteiger partial charge in [-0.05, 0) is 37.2 Å². The molecule has 0 aromatic carbocycles. The quantitative estimate of drug-likeness (QED) is 0.414. The van der Waals surface area contributed by atoms with E-state index >= 15 is 0 Å². The minimum Gasteiger partial charge on any atom is -0.750 e. The molecule has 1 amide bonds. The third kappa shape index (κ3) is 3.44. The van der Waals surface area contributed by atoms with E-state index in [9.17, 15) is 18.4 Å². The summed E-state index contributed by atoms with van der Waals surface area (Å²) in [6, 6.07) is 0. The molecule has 0 aromatic heterocycles. The van der Waals surface area contributed by atoms with Crippen LogP contribution < -0.4 is 5.32 Å². The summed E-state index contributed by atoms with van der Waals surface area (Å²) in [6.45, 7) is 2.99. The van der Waals surface area contributed by atoms with Crippen molar-refractivity contribution in [2.24, 2.45) is 11.8 Å². The minimum atomic E-state index is -2.63. The number of carbonyl (C=O) groups is 2. The summed E-state index contributed by atoms with van der Waals surface area (Å²) >= 11 is -2.63. The summed E-state index contributed by atoms with van der Waals surface area (Å²) in [6.07, 6.45) is 2.47. The molecule has 5 unspecified atom stereocenters. The minimum absolute atomic E-state index is 0.110. The van der Waals surface area contributed by atoms with Crippen molar-refractivity contribution >= 4 is 23.2 Å². The molecule has 112 valence electrons. The molecule has 2 bridgehead atoms. The summed E-state index contributed by atoms with van der Waals surface area (Å²) in [7, 11) is 0. The van der Waals surface area contributed by atoms with Crippen LogP contribution in [0, 0.1) is 11.8 Å². The maximum absolute atomic E-state index is 11.6. The van der Waals surface area contributed by atoms with Gasteiger partial charge in [-0.25, -0.2) is 4.21 Å². The number of fused-ring (bicyclic) bond motifs is 2. The largest absolute Gasteiger partial charge is 0.750 e. The van der Waals surface area contributed by atoms with Gasteiger partial charge in [-0.2, -0.15) is 0 Å². The molecular formula is C12H16NO6S-. The molecule has 0 radical (unpaired) electrons. The van der Waals surface area contributed by atoms with Gasteiger partial charge in [0.25, 0.3) is 0 Å². The van der Waals surface area contributed by atoms with Crippen LogP contribution in [-0.4, -0.2) is 39.4 Å². The van der Waals surface area contributed by atoms with Crippen molar-refractivity contribution in [2.75, 3.05) is 6.54 Å². The highest BCUT2D eigenvalue weighted by Crippen LogP contribution is 2.47. The van der Waals surface area contributed by atoms with Crippen LogP contribution in [0.4, 0.5) is 0 Å². The lowest BCUT2D eigenvalue weighted by molar-refractivity contribution is -0.156. The second kappa shape index (κ2) is 6.47. The Morgan fingerprint density at radius 2 is 2.00 bits per heavy atom. The van der Waals surface area contributed by atoms with Crippen molar-refractivity contribution in [1.29, 1.82) is 0 Å². The summed E-state index contributed by atoms with van der Waals surface area (Å²) in [5, 5.41) is 2.31. The van der Waals surface area contributed by atoms with Crippen molar-refractivity contribution in [3.63, 3.8) is 0 Å². The number of rotatable bonds is 6. The molecule has 0 aliphatic heterocycles. The second-order valence-electron chi connectivity index (χ2n) is 4.97. The Morgan fingerprint density at radius 1 is 1.35 bits per heavy atom. The molecule has 5 atom stereocenters. The van der Waals surface area contributed by atoms with Gasteiger partial charge < -0.3 is 14.6 Å². The highest BCUT2D eigenvalue weighted by atomic mass is 32.2. The van der Waals surface area contributed by atoms with Crippen LogP contribution in [0.25, 0.3) is 0 Å². The zero-order valence-corrected chi connectivity index (χ0v) is 11.6. The van der Waals surface area contributed by atoms with Crippen LogP contribution in [-0.2, 0) is 29.9 Å². The van der Waals surface area contributed by atoms with Gasteiger partial charge in [0.2, 0.25) is 5.91 Å². The van der Waals surface area contributed by atoms with E-state index in [0.717, 1.165) is 25.3 Å². The van der Waals surface area contributed by atoms with Crippen LogP contribution in [0.3, 0.4) is 0 Å². The molecule has 2 aliphatic carbocycles. The van der Waals surface area contributed by atoms with Gasteiger partial charge in [0, 0.05) is 0 Å². The maximum atomic E-state index is 11.6. The fourth-order valence-electron chi connectivity index (χ4n) is 3.00. The number of esters is 1. The second-order valence-corrected chi connectivity index (χ2v) is 5.58. The fraction of sp³-hybridized carbons (Fsp3) is 0.667. The van der Waals surface area contributed by atoms with Gasteiger partial charge in [-0.15, -0.1) is 0 Å². The maximum Gasteiger partial charge on any atom is 0.325 e. The number of nitrogens with one attached hydrogen (secondary N) is 1. The van der Waals surface area contributed by atoms with Crippen LogP contribution in [0.2, 0.25) is 0 Å². The molecule has 0 spiro atoms. The topological polar surface area (TPSA) is 105 Å². The third-order valence-electron chi connectivity index (χ3n) is 3.82. The Bertz CT molecular complexity index is 440. The molecule has 2 fully saturated rings. The lowest BCUT2D eigenvalue weighted by Crippen LogP contribution is -2.41. The molecule has 1 N–H and O–H groups in total. The van der Waals surface area contributed by atoms with Crippen molar-refractivity contribution in [2.45, 2.75) is 31.5 Å². The molecule has 2 saturated carbocycles. The van der Waals surface area contributed by atoms with E-state index in [1.54, 1.807) is 0 Å². The highest BCUT2D eigenvalue weighted by molar-refractivity contribution is 7.74.